The predicted octanol–water partition coefficient (Wildman–Crippen LogP) is 2.34. The molecule has 172 valence electrons. The SMILES string of the molecule is CCOC(=O)n1c(=O)n(-c2ccc3c(n2)N(Cc2ccccc2)CCNC3=O)c2cccnc21. The first kappa shape index (κ1) is 21.4. The number of nitrogens with zero attached hydrogens (tertiary/aromatic N) is 5. The van der Waals surface area contributed by atoms with Gasteiger partial charge < -0.3 is 15.0 Å². The molecule has 0 saturated carbocycles. The van der Waals surface area contributed by atoms with Gasteiger partial charge in [0.15, 0.2) is 5.65 Å². The number of fused-ring (bicyclic) bond motifs is 2. The molecule has 1 aromatic carbocycles. The molecule has 3 aromatic heterocycles. The molecule has 0 spiro atoms. The van der Waals surface area contributed by atoms with Crippen LogP contribution in [0.4, 0.5) is 10.6 Å². The molecular weight excluding hydrogens is 436 g/mol. The van der Waals surface area contributed by atoms with Crippen LogP contribution in [0, 0.1) is 0 Å². The smallest absolute Gasteiger partial charge is 0.424 e. The fraction of sp³-hybridized carbons (Fsp3) is 0.208. The number of pyridine rings is 2. The van der Waals surface area contributed by atoms with Crippen LogP contribution in [0.15, 0.2) is 65.6 Å². The number of amides is 1. The Balaban J connectivity index is 1.67. The highest BCUT2D eigenvalue weighted by Crippen LogP contribution is 2.25. The third-order valence-electron chi connectivity index (χ3n) is 5.57. The number of carbonyl (C=O) groups excluding carboxylic acids is 2. The third-order valence-corrected chi connectivity index (χ3v) is 5.57. The average Bonchev–Trinajstić information content (AvgIpc) is 3.06. The fourth-order valence-corrected chi connectivity index (χ4v) is 4.05. The van der Waals surface area contributed by atoms with E-state index in [4.69, 9.17) is 9.72 Å². The van der Waals surface area contributed by atoms with Gasteiger partial charge in [-0.1, -0.05) is 30.3 Å². The molecule has 0 saturated heterocycles. The van der Waals surface area contributed by atoms with Gasteiger partial charge in [-0.3, -0.25) is 4.79 Å². The van der Waals surface area contributed by atoms with Crippen LogP contribution in [0.5, 0.6) is 0 Å². The zero-order chi connectivity index (χ0) is 23.7. The Morgan fingerprint density at radius 3 is 2.71 bits per heavy atom. The van der Waals surface area contributed by atoms with E-state index in [1.807, 2.05) is 35.2 Å². The molecule has 0 bridgehead atoms. The van der Waals surface area contributed by atoms with Crippen LogP contribution in [-0.2, 0) is 11.3 Å². The van der Waals surface area contributed by atoms with Gasteiger partial charge in [0.1, 0.15) is 11.6 Å². The van der Waals surface area contributed by atoms with Crippen LogP contribution in [0.1, 0.15) is 22.8 Å². The van der Waals surface area contributed by atoms with Gasteiger partial charge in [0.05, 0.1) is 17.7 Å². The van der Waals surface area contributed by atoms with Crippen LogP contribution < -0.4 is 15.9 Å². The maximum atomic E-state index is 13.3. The van der Waals surface area contributed by atoms with Crippen molar-refractivity contribution in [3.8, 4) is 5.82 Å². The lowest BCUT2D eigenvalue weighted by Gasteiger charge is -2.23. The van der Waals surface area contributed by atoms with E-state index in [-0.39, 0.29) is 24.0 Å². The second-order valence-corrected chi connectivity index (χ2v) is 7.70. The summed E-state index contributed by atoms with van der Waals surface area (Å²) in [6.07, 6.45) is 0.688. The maximum Gasteiger partial charge on any atom is 0.424 e. The minimum atomic E-state index is -0.810. The van der Waals surface area contributed by atoms with Gasteiger partial charge in [-0.25, -0.2) is 24.1 Å². The number of rotatable bonds is 4. The molecule has 1 aliphatic heterocycles. The van der Waals surface area contributed by atoms with E-state index >= 15 is 0 Å². The van der Waals surface area contributed by atoms with E-state index in [9.17, 15) is 14.4 Å². The minimum Gasteiger partial charge on any atom is -0.449 e. The monoisotopic (exact) mass is 458 g/mol. The maximum absolute atomic E-state index is 13.3. The highest BCUT2D eigenvalue weighted by molar-refractivity contribution is 5.99. The Bertz CT molecular complexity index is 1440. The molecule has 10 nitrogen and oxygen atoms in total. The second-order valence-electron chi connectivity index (χ2n) is 7.70. The zero-order valence-corrected chi connectivity index (χ0v) is 18.5. The molecule has 34 heavy (non-hydrogen) atoms. The standard InChI is InChI=1S/C24H22N6O4/c1-2-34-24(33)30-21-18(9-6-12-25-21)29(23(30)32)19-11-10-17-20(27-19)28(14-13-26-22(17)31)15-16-7-4-3-5-8-16/h3-12H,2,13-15H2,1H3,(H,26,31). The number of hydrogen-bond acceptors (Lipinski definition) is 7. The number of hydrogen-bond donors (Lipinski definition) is 1. The first-order valence-electron chi connectivity index (χ1n) is 10.9. The molecule has 0 atom stereocenters. The molecular formula is C24H22N6O4. The van der Waals surface area contributed by atoms with Crippen LogP contribution in [0.25, 0.3) is 17.0 Å². The van der Waals surface area contributed by atoms with E-state index in [0.29, 0.717) is 36.5 Å². The topological polar surface area (TPSA) is 111 Å². The molecule has 0 fully saturated rings. The van der Waals surface area contributed by atoms with Gasteiger partial charge in [-0.05, 0) is 36.8 Å². The Hall–Kier alpha value is -4.47. The average molecular weight is 458 g/mol. The van der Waals surface area contributed by atoms with Crippen LogP contribution in [-0.4, -0.2) is 50.8 Å². The molecule has 5 rings (SSSR count). The van der Waals surface area contributed by atoms with Crippen molar-refractivity contribution in [2.24, 2.45) is 0 Å². The lowest BCUT2D eigenvalue weighted by atomic mass is 10.2. The van der Waals surface area contributed by atoms with Gasteiger partial charge in [0.2, 0.25) is 0 Å². The quantitative estimate of drug-likeness (QED) is 0.500. The number of nitrogens with one attached hydrogen (secondary N) is 1. The van der Waals surface area contributed by atoms with Crippen molar-refractivity contribution < 1.29 is 14.3 Å². The van der Waals surface area contributed by atoms with Crippen LogP contribution in [0.2, 0.25) is 0 Å². The number of carbonyl (C=O) groups is 2. The van der Waals surface area contributed by atoms with Crippen molar-refractivity contribution in [3.05, 3.63) is 82.4 Å². The molecule has 1 aliphatic rings. The number of aromatic nitrogens is 4. The molecule has 0 radical (unpaired) electrons. The summed E-state index contributed by atoms with van der Waals surface area (Å²) in [6.45, 7) is 3.33. The minimum absolute atomic E-state index is 0.117. The van der Waals surface area contributed by atoms with Gasteiger partial charge in [0.25, 0.3) is 5.91 Å². The molecule has 1 N–H and O–H groups in total. The lowest BCUT2D eigenvalue weighted by molar-refractivity contribution is 0.0957. The lowest BCUT2D eigenvalue weighted by Crippen LogP contribution is -2.31. The molecule has 4 aromatic rings. The van der Waals surface area contributed by atoms with Gasteiger partial charge in [-0.2, -0.15) is 4.57 Å². The normalized spacial score (nSPS) is 13.3. The number of anilines is 1. The number of imidazole rings is 1. The van der Waals surface area contributed by atoms with Crippen molar-refractivity contribution in [1.29, 1.82) is 0 Å². The summed E-state index contributed by atoms with van der Waals surface area (Å²) in [5, 5.41) is 2.89. The first-order chi connectivity index (χ1) is 16.6. The fourth-order valence-electron chi connectivity index (χ4n) is 4.05. The molecule has 1 amide bonds. The third kappa shape index (κ3) is 3.68. The van der Waals surface area contributed by atoms with Crippen molar-refractivity contribution in [2.45, 2.75) is 13.5 Å². The van der Waals surface area contributed by atoms with Crippen molar-refractivity contribution >= 4 is 29.0 Å². The summed E-state index contributed by atoms with van der Waals surface area (Å²) >= 11 is 0. The summed E-state index contributed by atoms with van der Waals surface area (Å²) in [7, 11) is 0. The number of ether oxygens (including phenoxy) is 1. The van der Waals surface area contributed by atoms with E-state index in [1.54, 1.807) is 31.2 Å². The summed E-state index contributed by atoms with van der Waals surface area (Å²) in [5.74, 6) is 0.509. The Morgan fingerprint density at radius 2 is 1.91 bits per heavy atom. The Labute approximate surface area is 194 Å². The summed E-state index contributed by atoms with van der Waals surface area (Å²) in [6, 6.07) is 16.5. The van der Waals surface area contributed by atoms with E-state index in [0.717, 1.165) is 10.1 Å². The summed E-state index contributed by atoms with van der Waals surface area (Å²) in [4.78, 5) is 49.5. The Morgan fingerprint density at radius 1 is 1.09 bits per heavy atom. The molecule has 0 unspecified atom stereocenters. The second kappa shape index (κ2) is 8.81. The highest BCUT2D eigenvalue weighted by Gasteiger charge is 2.26. The van der Waals surface area contributed by atoms with Gasteiger partial charge in [-0.15, -0.1) is 0 Å². The van der Waals surface area contributed by atoms with Crippen molar-refractivity contribution in [1.82, 2.24) is 24.4 Å². The van der Waals surface area contributed by atoms with Crippen molar-refractivity contribution in [2.75, 3.05) is 24.6 Å². The Kier molecular flexibility index (Phi) is 5.54. The zero-order valence-electron chi connectivity index (χ0n) is 18.5. The first-order valence-corrected chi connectivity index (χ1v) is 10.9. The largest absolute Gasteiger partial charge is 0.449 e. The predicted molar refractivity (Wildman–Crippen MR) is 125 cm³/mol. The van der Waals surface area contributed by atoms with Gasteiger partial charge in [0, 0.05) is 25.8 Å². The van der Waals surface area contributed by atoms with E-state index in [2.05, 4.69) is 10.3 Å². The summed E-state index contributed by atoms with van der Waals surface area (Å²) in [5.41, 5.74) is 1.40. The van der Waals surface area contributed by atoms with Gasteiger partial charge >= 0.3 is 11.8 Å². The molecule has 0 aliphatic carbocycles. The van der Waals surface area contributed by atoms with E-state index in [1.165, 1.54) is 10.8 Å². The van der Waals surface area contributed by atoms with Crippen molar-refractivity contribution in [3.63, 3.8) is 0 Å². The summed E-state index contributed by atoms with van der Waals surface area (Å²) < 4.78 is 7.26. The van der Waals surface area contributed by atoms with Crippen LogP contribution in [0.3, 0.4) is 0 Å². The molecule has 4 heterocycles. The van der Waals surface area contributed by atoms with Crippen LogP contribution >= 0.6 is 0 Å². The number of benzene rings is 1. The van der Waals surface area contributed by atoms with E-state index < -0.39 is 11.8 Å². The highest BCUT2D eigenvalue weighted by atomic mass is 16.5. The molecule has 10 heteroatoms.